The van der Waals surface area contributed by atoms with Gasteiger partial charge in [0.25, 0.3) is 11.5 Å². The number of aromatic amines is 1. The Morgan fingerprint density at radius 2 is 1.66 bits per heavy atom. The van der Waals surface area contributed by atoms with Crippen LogP contribution in [0, 0.1) is 13.8 Å². The first-order chi connectivity index (χ1) is 14.0. The molecule has 0 aliphatic carbocycles. The van der Waals surface area contributed by atoms with Crippen molar-refractivity contribution in [3.8, 4) is 0 Å². The Kier molecular flexibility index (Phi) is 5.00. The van der Waals surface area contributed by atoms with Crippen molar-refractivity contribution >= 4 is 22.5 Å². The number of fused-ring (bicyclic) bond motifs is 1. The Hall–Kier alpha value is -3.66. The number of para-hydroxylation sites is 1. The molecule has 0 radical (unpaired) electrons. The summed E-state index contributed by atoms with van der Waals surface area (Å²) in [5, 5.41) is 0.939. The SMILES string of the molecule is Cc1cccc(N(Cc2cc3ccccc3[nH]c2=O)C(=O)c2ccccc2C)c1. The van der Waals surface area contributed by atoms with Crippen LogP contribution in [0.2, 0.25) is 0 Å². The fourth-order valence-corrected chi connectivity index (χ4v) is 3.51. The fraction of sp³-hybridized carbons (Fsp3) is 0.120. The summed E-state index contributed by atoms with van der Waals surface area (Å²) in [6.07, 6.45) is 0. The molecular formula is C25H22N2O2. The van der Waals surface area contributed by atoms with Gasteiger partial charge in [-0.2, -0.15) is 0 Å². The molecule has 0 atom stereocenters. The van der Waals surface area contributed by atoms with E-state index in [-0.39, 0.29) is 18.0 Å². The molecule has 0 bridgehead atoms. The molecule has 0 fully saturated rings. The zero-order valence-corrected chi connectivity index (χ0v) is 16.5. The molecule has 0 aliphatic rings. The molecule has 0 saturated heterocycles. The van der Waals surface area contributed by atoms with Crippen LogP contribution in [0.3, 0.4) is 0 Å². The first-order valence-electron chi connectivity index (χ1n) is 9.58. The number of carbonyl (C=O) groups is 1. The smallest absolute Gasteiger partial charge is 0.258 e. The lowest BCUT2D eigenvalue weighted by atomic mass is 10.1. The standard InChI is InChI=1S/C25H22N2O2/c1-17-8-7-11-21(14-17)27(25(29)22-12-5-3-9-18(22)2)16-20-15-19-10-4-6-13-23(19)26-24(20)28/h3-15H,16H2,1-2H3,(H,26,28). The first kappa shape index (κ1) is 18.7. The van der Waals surface area contributed by atoms with Gasteiger partial charge in [0.15, 0.2) is 0 Å². The van der Waals surface area contributed by atoms with Gasteiger partial charge in [-0.3, -0.25) is 9.59 Å². The highest BCUT2D eigenvalue weighted by molar-refractivity contribution is 6.07. The van der Waals surface area contributed by atoms with Crippen LogP contribution in [0.1, 0.15) is 27.0 Å². The van der Waals surface area contributed by atoms with E-state index in [1.54, 1.807) is 4.90 Å². The highest BCUT2D eigenvalue weighted by atomic mass is 16.2. The average Bonchev–Trinajstić information content (AvgIpc) is 2.72. The molecule has 3 aromatic carbocycles. The van der Waals surface area contributed by atoms with Crippen LogP contribution in [0.5, 0.6) is 0 Å². The van der Waals surface area contributed by atoms with Crippen molar-refractivity contribution in [3.05, 3.63) is 111 Å². The molecule has 0 unspecified atom stereocenters. The Morgan fingerprint density at radius 1 is 0.897 bits per heavy atom. The maximum absolute atomic E-state index is 13.5. The van der Waals surface area contributed by atoms with Gasteiger partial charge < -0.3 is 9.88 Å². The molecule has 1 aromatic heterocycles. The summed E-state index contributed by atoms with van der Waals surface area (Å²) in [5.74, 6) is -0.124. The second kappa shape index (κ2) is 7.76. The summed E-state index contributed by atoms with van der Waals surface area (Å²) in [6, 6.07) is 24.8. The summed E-state index contributed by atoms with van der Waals surface area (Å²) in [7, 11) is 0. The third-order valence-electron chi connectivity index (χ3n) is 5.09. The fourth-order valence-electron chi connectivity index (χ4n) is 3.51. The zero-order valence-electron chi connectivity index (χ0n) is 16.5. The highest BCUT2D eigenvalue weighted by Crippen LogP contribution is 2.23. The monoisotopic (exact) mass is 382 g/mol. The molecule has 0 spiro atoms. The molecule has 4 rings (SSSR count). The van der Waals surface area contributed by atoms with E-state index in [1.807, 2.05) is 92.7 Å². The number of rotatable bonds is 4. The molecule has 4 aromatic rings. The minimum absolute atomic E-state index is 0.124. The van der Waals surface area contributed by atoms with Gasteiger partial charge >= 0.3 is 0 Å². The van der Waals surface area contributed by atoms with Gasteiger partial charge in [0, 0.05) is 22.3 Å². The minimum Gasteiger partial charge on any atom is -0.322 e. The molecule has 4 nitrogen and oxygen atoms in total. The number of benzene rings is 3. The number of amides is 1. The van der Waals surface area contributed by atoms with Crippen LogP contribution in [-0.2, 0) is 6.54 Å². The largest absolute Gasteiger partial charge is 0.322 e. The summed E-state index contributed by atoms with van der Waals surface area (Å²) >= 11 is 0. The van der Waals surface area contributed by atoms with E-state index in [1.165, 1.54) is 0 Å². The van der Waals surface area contributed by atoms with Crippen molar-refractivity contribution in [2.24, 2.45) is 0 Å². The van der Waals surface area contributed by atoms with Crippen LogP contribution in [0.4, 0.5) is 5.69 Å². The van der Waals surface area contributed by atoms with Crippen LogP contribution in [0.15, 0.2) is 83.7 Å². The van der Waals surface area contributed by atoms with Crippen LogP contribution >= 0.6 is 0 Å². The van der Waals surface area contributed by atoms with E-state index in [9.17, 15) is 9.59 Å². The summed E-state index contributed by atoms with van der Waals surface area (Å²) < 4.78 is 0. The van der Waals surface area contributed by atoms with E-state index in [0.29, 0.717) is 11.1 Å². The Bertz CT molecular complexity index is 1260. The summed E-state index contributed by atoms with van der Waals surface area (Å²) in [5.41, 5.74) is 4.51. The Balaban J connectivity index is 1.81. The quantitative estimate of drug-likeness (QED) is 0.540. The van der Waals surface area contributed by atoms with Crippen molar-refractivity contribution < 1.29 is 4.79 Å². The van der Waals surface area contributed by atoms with Gasteiger partial charge in [-0.1, -0.05) is 48.5 Å². The molecule has 144 valence electrons. The number of nitrogens with one attached hydrogen (secondary N) is 1. The van der Waals surface area contributed by atoms with Gasteiger partial charge in [-0.15, -0.1) is 0 Å². The molecular weight excluding hydrogens is 360 g/mol. The number of aryl methyl sites for hydroxylation is 2. The van der Waals surface area contributed by atoms with Crippen molar-refractivity contribution in [2.75, 3.05) is 4.90 Å². The Morgan fingerprint density at radius 3 is 2.45 bits per heavy atom. The lowest BCUT2D eigenvalue weighted by Gasteiger charge is -2.24. The van der Waals surface area contributed by atoms with Gasteiger partial charge in [0.1, 0.15) is 0 Å². The number of hydrogen-bond donors (Lipinski definition) is 1. The summed E-state index contributed by atoms with van der Waals surface area (Å²) in [4.78, 5) is 30.8. The van der Waals surface area contributed by atoms with Gasteiger partial charge in [0.2, 0.25) is 0 Å². The van der Waals surface area contributed by atoms with E-state index >= 15 is 0 Å². The number of H-pyrrole nitrogens is 1. The number of nitrogens with zero attached hydrogens (tertiary/aromatic N) is 1. The third kappa shape index (κ3) is 3.83. The van der Waals surface area contributed by atoms with Gasteiger partial charge in [-0.05, 0) is 60.7 Å². The predicted octanol–water partition coefficient (Wildman–Crippen LogP) is 4.99. The molecule has 1 heterocycles. The third-order valence-corrected chi connectivity index (χ3v) is 5.09. The highest BCUT2D eigenvalue weighted by Gasteiger charge is 2.21. The molecule has 4 heteroatoms. The van der Waals surface area contributed by atoms with Crippen molar-refractivity contribution in [1.29, 1.82) is 0 Å². The number of hydrogen-bond acceptors (Lipinski definition) is 2. The lowest BCUT2D eigenvalue weighted by molar-refractivity contribution is 0.0984. The maximum Gasteiger partial charge on any atom is 0.258 e. The van der Waals surface area contributed by atoms with Crippen molar-refractivity contribution in [2.45, 2.75) is 20.4 Å². The van der Waals surface area contributed by atoms with Crippen LogP contribution in [-0.4, -0.2) is 10.9 Å². The second-order valence-corrected chi connectivity index (χ2v) is 7.26. The number of carbonyl (C=O) groups excluding carboxylic acids is 1. The van der Waals surface area contributed by atoms with E-state index < -0.39 is 0 Å². The number of aromatic nitrogens is 1. The van der Waals surface area contributed by atoms with E-state index in [0.717, 1.165) is 27.7 Å². The minimum atomic E-state index is -0.182. The van der Waals surface area contributed by atoms with Gasteiger partial charge in [-0.25, -0.2) is 0 Å². The van der Waals surface area contributed by atoms with Gasteiger partial charge in [0.05, 0.1) is 6.54 Å². The normalized spacial score (nSPS) is 10.8. The molecule has 1 N–H and O–H groups in total. The lowest BCUT2D eigenvalue weighted by Crippen LogP contribution is -2.33. The number of pyridine rings is 1. The topological polar surface area (TPSA) is 53.2 Å². The maximum atomic E-state index is 13.5. The predicted molar refractivity (Wildman–Crippen MR) is 117 cm³/mol. The van der Waals surface area contributed by atoms with Crippen LogP contribution in [0.25, 0.3) is 10.9 Å². The second-order valence-electron chi connectivity index (χ2n) is 7.26. The van der Waals surface area contributed by atoms with E-state index in [2.05, 4.69) is 4.98 Å². The number of anilines is 1. The van der Waals surface area contributed by atoms with Crippen molar-refractivity contribution in [3.63, 3.8) is 0 Å². The first-order valence-corrected chi connectivity index (χ1v) is 9.58. The van der Waals surface area contributed by atoms with E-state index in [4.69, 9.17) is 0 Å². The summed E-state index contributed by atoms with van der Waals surface area (Å²) in [6.45, 7) is 4.10. The molecule has 1 amide bonds. The average molecular weight is 382 g/mol. The van der Waals surface area contributed by atoms with Crippen LogP contribution < -0.4 is 10.5 Å². The molecule has 0 aliphatic heterocycles. The zero-order chi connectivity index (χ0) is 20.4. The Labute approximate surface area is 169 Å². The molecule has 0 saturated carbocycles. The molecule has 29 heavy (non-hydrogen) atoms. The van der Waals surface area contributed by atoms with Crippen molar-refractivity contribution in [1.82, 2.24) is 4.98 Å².